The Morgan fingerprint density at radius 3 is 2.36 bits per heavy atom. The van der Waals surface area contributed by atoms with E-state index in [9.17, 15) is 9.00 Å². The minimum absolute atomic E-state index is 0.162. The van der Waals surface area contributed by atoms with Crippen molar-refractivity contribution in [1.82, 2.24) is 10.2 Å². The van der Waals surface area contributed by atoms with Crippen LogP contribution in [0.2, 0.25) is 0 Å². The second kappa shape index (κ2) is 7.30. The van der Waals surface area contributed by atoms with Crippen molar-refractivity contribution in [2.45, 2.75) is 77.1 Å². The first-order valence-corrected chi connectivity index (χ1v) is 9.88. The van der Waals surface area contributed by atoms with Gasteiger partial charge in [-0.05, 0) is 46.5 Å². The van der Waals surface area contributed by atoms with Crippen LogP contribution in [0.4, 0.5) is 4.79 Å². The first-order chi connectivity index (χ1) is 10.3. The predicted octanol–water partition coefficient (Wildman–Crippen LogP) is 2.28. The van der Waals surface area contributed by atoms with E-state index in [4.69, 9.17) is 4.74 Å². The molecule has 1 amide bonds. The average Bonchev–Trinajstić information content (AvgIpc) is 2.68. The van der Waals surface area contributed by atoms with Crippen LogP contribution in [0.1, 0.15) is 53.4 Å². The fourth-order valence-corrected chi connectivity index (χ4v) is 4.11. The zero-order valence-corrected chi connectivity index (χ0v) is 15.1. The summed E-state index contributed by atoms with van der Waals surface area (Å²) in [6, 6.07) is 1.02. The van der Waals surface area contributed by atoms with Gasteiger partial charge in [0.2, 0.25) is 0 Å². The van der Waals surface area contributed by atoms with Crippen molar-refractivity contribution in [3.8, 4) is 0 Å². The molecular formula is C16H30N2O3S. The number of amides is 1. The Labute approximate surface area is 136 Å². The van der Waals surface area contributed by atoms with Gasteiger partial charge in [0, 0.05) is 47.0 Å². The van der Waals surface area contributed by atoms with E-state index in [2.05, 4.69) is 5.32 Å². The molecular weight excluding hydrogens is 300 g/mol. The molecule has 0 aromatic carbocycles. The molecule has 3 unspecified atom stereocenters. The van der Waals surface area contributed by atoms with Crippen molar-refractivity contribution in [3.63, 3.8) is 0 Å². The van der Waals surface area contributed by atoms with Crippen molar-refractivity contribution >= 4 is 16.9 Å². The number of hydrogen-bond acceptors (Lipinski definition) is 4. The molecule has 2 aliphatic rings. The Kier molecular flexibility index (Phi) is 5.88. The Morgan fingerprint density at radius 2 is 1.86 bits per heavy atom. The molecule has 2 saturated heterocycles. The zero-order valence-electron chi connectivity index (χ0n) is 14.3. The minimum atomic E-state index is -0.706. The molecule has 0 saturated carbocycles. The second-order valence-electron chi connectivity index (χ2n) is 7.33. The van der Waals surface area contributed by atoms with Crippen LogP contribution in [0.5, 0.6) is 0 Å². The third kappa shape index (κ3) is 4.69. The highest BCUT2D eigenvalue weighted by Gasteiger charge is 2.44. The minimum Gasteiger partial charge on any atom is -0.444 e. The van der Waals surface area contributed by atoms with Crippen molar-refractivity contribution < 1.29 is 13.7 Å². The number of carbonyl (C=O) groups is 1. The summed E-state index contributed by atoms with van der Waals surface area (Å²) in [5.74, 6) is 1.45. The highest BCUT2D eigenvalue weighted by Crippen LogP contribution is 2.36. The molecule has 22 heavy (non-hydrogen) atoms. The molecule has 2 bridgehead atoms. The Hall–Kier alpha value is -0.620. The van der Waals surface area contributed by atoms with Crippen LogP contribution < -0.4 is 5.32 Å². The lowest BCUT2D eigenvalue weighted by atomic mass is 9.98. The Bertz CT molecular complexity index is 408. The van der Waals surface area contributed by atoms with Gasteiger partial charge in [-0.15, -0.1) is 0 Å². The summed E-state index contributed by atoms with van der Waals surface area (Å²) in [6.07, 6.45) is 3.94. The number of hydrogen-bond donors (Lipinski definition) is 1. The van der Waals surface area contributed by atoms with Gasteiger partial charge in [-0.3, -0.25) is 4.21 Å². The largest absolute Gasteiger partial charge is 0.444 e. The smallest absolute Gasteiger partial charge is 0.410 e. The molecule has 2 aliphatic heterocycles. The van der Waals surface area contributed by atoms with Crippen LogP contribution in [0.3, 0.4) is 0 Å². The molecule has 0 aromatic rings. The summed E-state index contributed by atoms with van der Waals surface area (Å²) in [7, 11) is -0.706. The number of carbonyl (C=O) groups excluding carboxylic acids is 1. The molecule has 0 aliphatic carbocycles. The molecule has 2 rings (SSSR count). The quantitative estimate of drug-likeness (QED) is 0.840. The normalized spacial score (nSPS) is 29.5. The number of piperidine rings is 1. The van der Waals surface area contributed by atoms with Gasteiger partial charge in [-0.25, -0.2) is 4.79 Å². The van der Waals surface area contributed by atoms with Gasteiger partial charge < -0.3 is 15.0 Å². The number of ether oxygens (including phenoxy) is 1. The Morgan fingerprint density at radius 1 is 1.27 bits per heavy atom. The lowest BCUT2D eigenvalue weighted by Gasteiger charge is -2.39. The molecule has 0 aromatic heterocycles. The molecule has 128 valence electrons. The fraction of sp³-hybridized carbons (Fsp3) is 0.938. The van der Waals surface area contributed by atoms with Gasteiger partial charge in [-0.2, -0.15) is 0 Å². The summed E-state index contributed by atoms with van der Waals surface area (Å²) in [5, 5.41) is 3.52. The van der Waals surface area contributed by atoms with Crippen molar-refractivity contribution in [2.24, 2.45) is 0 Å². The predicted molar refractivity (Wildman–Crippen MR) is 89.5 cm³/mol. The summed E-state index contributed by atoms with van der Waals surface area (Å²) in [5.41, 5.74) is -0.435. The van der Waals surface area contributed by atoms with E-state index in [1.165, 1.54) is 0 Å². The van der Waals surface area contributed by atoms with E-state index >= 15 is 0 Å². The van der Waals surface area contributed by atoms with Crippen LogP contribution in [0.15, 0.2) is 0 Å². The maximum absolute atomic E-state index is 12.4. The second-order valence-corrected chi connectivity index (χ2v) is 9.19. The van der Waals surface area contributed by atoms with E-state index in [1.54, 1.807) is 0 Å². The lowest BCUT2D eigenvalue weighted by molar-refractivity contribution is 0.00483. The van der Waals surface area contributed by atoms with Gasteiger partial charge in [0.1, 0.15) is 5.60 Å². The van der Waals surface area contributed by atoms with Gasteiger partial charge in [0.15, 0.2) is 0 Å². The maximum atomic E-state index is 12.4. The molecule has 2 fully saturated rings. The number of fused-ring (bicyclic) bond motifs is 2. The fourth-order valence-electron chi connectivity index (χ4n) is 3.48. The first kappa shape index (κ1) is 17.7. The molecule has 3 atom stereocenters. The van der Waals surface area contributed by atoms with Crippen LogP contribution in [0, 0.1) is 0 Å². The summed E-state index contributed by atoms with van der Waals surface area (Å²) < 4.78 is 17.0. The Balaban J connectivity index is 1.84. The van der Waals surface area contributed by atoms with E-state index in [-0.39, 0.29) is 6.09 Å². The van der Waals surface area contributed by atoms with Crippen LogP contribution >= 0.6 is 0 Å². The first-order valence-electron chi connectivity index (χ1n) is 8.40. The van der Waals surface area contributed by atoms with Gasteiger partial charge >= 0.3 is 6.09 Å². The van der Waals surface area contributed by atoms with E-state index < -0.39 is 16.4 Å². The molecule has 1 N–H and O–H groups in total. The van der Waals surface area contributed by atoms with Crippen LogP contribution in [-0.4, -0.2) is 57.0 Å². The van der Waals surface area contributed by atoms with Crippen molar-refractivity contribution in [2.75, 3.05) is 18.1 Å². The van der Waals surface area contributed by atoms with Crippen LogP contribution in [0.25, 0.3) is 0 Å². The average molecular weight is 330 g/mol. The molecule has 0 spiro atoms. The maximum Gasteiger partial charge on any atom is 0.410 e. The monoisotopic (exact) mass is 330 g/mol. The highest BCUT2D eigenvalue weighted by molar-refractivity contribution is 7.84. The number of nitrogens with one attached hydrogen (secondary N) is 1. The van der Waals surface area contributed by atoms with E-state index in [0.29, 0.717) is 18.1 Å². The third-order valence-corrected chi connectivity index (χ3v) is 5.73. The van der Waals surface area contributed by atoms with Gasteiger partial charge in [0.25, 0.3) is 0 Å². The van der Waals surface area contributed by atoms with Gasteiger partial charge in [0.05, 0.1) is 0 Å². The standard InChI is InChI=1S/C16H30N2O3S/c1-5-22(20)9-8-17-12-10-13-6-7-14(11-12)18(13)15(19)21-16(2,3)4/h12-14,17H,5-11H2,1-4H3. The molecule has 5 nitrogen and oxygen atoms in total. The summed E-state index contributed by atoms with van der Waals surface area (Å²) in [6.45, 7) is 8.49. The van der Waals surface area contributed by atoms with E-state index in [0.717, 1.165) is 43.7 Å². The molecule has 2 heterocycles. The SMILES string of the molecule is CCS(=O)CCNC1CC2CCC(C1)N2C(=O)OC(C)(C)C. The third-order valence-electron chi connectivity index (χ3n) is 4.42. The summed E-state index contributed by atoms with van der Waals surface area (Å²) in [4.78, 5) is 14.3. The van der Waals surface area contributed by atoms with Crippen LogP contribution in [-0.2, 0) is 15.5 Å². The summed E-state index contributed by atoms with van der Waals surface area (Å²) >= 11 is 0. The number of nitrogens with zero attached hydrogens (tertiary/aromatic N) is 1. The van der Waals surface area contributed by atoms with Gasteiger partial charge in [-0.1, -0.05) is 6.92 Å². The lowest BCUT2D eigenvalue weighted by Crippen LogP contribution is -2.53. The topological polar surface area (TPSA) is 58.6 Å². The van der Waals surface area contributed by atoms with Crippen molar-refractivity contribution in [1.29, 1.82) is 0 Å². The highest BCUT2D eigenvalue weighted by atomic mass is 32.2. The van der Waals surface area contributed by atoms with Crippen molar-refractivity contribution in [3.05, 3.63) is 0 Å². The zero-order chi connectivity index (χ0) is 16.3. The van der Waals surface area contributed by atoms with E-state index in [1.807, 2.05) is 32.6 Å². The number of rotatable bonds is 5. The molecule has 0 radical (unpaired) electrons. The molecule has 6 heteroatoms.